The van der Waals surface area contributed by atoms with Gasteiger partial charge in [0.1, 0.15) is 6.04 Å². The minimum absolute atomic E-state index is 0.00650. The fraction of sp³-hybridized carbons (Fsp3) is 0.455. The van der Waals surface area contributed by atoms with Crippen molar-refractivity contribution in [2.75, 3.05) is 23.2 Å². The quantitative estimate of drug-likeness (QED) is 0.538. The zero-order valence-electron chi connectivity index (χ0n) is 18.1. The first-order valence-electron chi connectivity index (χ1n) is 9.93. The van der Waals surface area contributed by atoms with E-state index in [1.807, 2.05) is 52.1 Å². The molecule has 1 saturated heterocycles. The maximum absolute atomic E-state index is 12.9. The molecule has 2 amide bonds. The fourth-order valence-electron chi connectivity index (χ4n) is 3.49. The van der Waals surface area contributed by atoms with Gasteiger partial charge in [0.25, 0.3) is 0 Å². The zero-order chi connectivity index (χ0) is 21.8. The van der Waals surface area contributed by atoms with Crippen molar-refractivity contribution in [3.05, 3.63) is 46.3 Å². The van der Waals surface area contributed by atoms with E-state index >= 15 is 0 Å². The number of anilines is 1. The van der Waals surface area contributed by atoms with Gasteiger partial charge in [-0.1, -0.05) is 17.8 Å². The van der Waals surface area contributed by atoms with E-state index in [1.54, 1.807) is 16.7 Å². The lowest BCUT2D eigenvalue weighted by molar-refractivity contribution is -0.136. The highest BCUT2D eigenvalue weighted by Gasteiger charge is 2.34. The average Bonchev–Trinajstić information content (AvgIpc) is 3.20. The molecule has 0 saturated carbocycles. The van der Waals surface area contributed by atoms with Gasteiger partial charge < -0.3 is 10.2 Å². The second kappa shape index (κ2) is 9.83. The van der Waals surface area contributed by atoms with Crippen LogP contribution in [-0.2, 0) is 16.0 Å². The summed E-state index contributed by atoms with van der Waals surface area (Å²) in [7, 11) is 0. The average molecular weight is 445 g/mol. The first-order chi connectivity index (χ1) is 14.3. The fourth-order valence-corrected chi connectivity index (χ4v) is 5.12. The van der Waals surface area contributed by atoms with Crippen LogP contribution in [0, 0.1) is 27.7 Å². The van der Waals surface area contributed by atoms with Crippen molar-refractivity contribution >= 4 is 41.0 Å². The molecule has 8 heteroatoms. The van der Waals surface area contributed by atoms with Gasteiger partial charge in [-0.15, -0.1) is 11.8 Å². The van der Waals surface area contributed by atoms with Crippen LogP contribution in [0.5, 0.6) is 0 Å². The molecule has 0 bridgehead atoms. The molecule has 2 heterocycles. The maximum Gasteiger partial charge on any atom is 0.248 e. The van der Waals surface area contributed by atoms with Crippen molar-refractivity contribution in [3.8, 4) is 0 Å². The van der Waals surface area contributed by atoms with Crippen LogP contribution in [0.2, 0.25) is 0 Å². The molecule has 6 nitrogen and oxygen atoms in total. The molecule has 1 N–H and O–H groups in total. The van der Waals surface area contributed by atoms with Crippen LogP contribution in [0.1, 0.15) is 34.5 Å². The summed E-state index contributed by atoms with van der Waals surface area (Å²) in [6.45, 7) is 7.98. The molecule has 3 rings (SSSR count). The maximum atomic E-state index is 12.9. The Hall–Kier alpha value is -2.06. The summed E-state index contributed by atoms with van der Waals surface area (Å²) in [4.78, 5) is 36.4. The van der Waals surface area contributed by atoms with E-state index in [1.165, 1.54) is 17.3 Å². The lowest BCUT2D eigenvalue weighted by Crippen LogP contribution is -2.44. The summed E-state index contributed by atoms with van der Waals surface area (Å²) in [5.74, 6) is 1.03. The van der Waals surface area contributed by atoms with Crippen LogP contribution in [0.3, 0.4) is 0 Å². The zero-order valence-corrected chi connectivity index (χ0v) is 19.7. The third-order valence-corrected chi connectivity index (χ3v) is 7.01. The largest absolute Gasteiger partial charge is 0.324 e. The number of hydrogen-bond acceptors (Lipinski definition) is 6. The second-order valence-electron chi connectivity index (χ2n) is 7.53. The Kier molecular flexibility index (Phi) is 7.41. The summed E-state index contributed by atoms with van der Waals surface area (Å²) in [6, 6.07) is 5.41. The van der Waals surface area contributed by atoms with Crippen molar-refractivity contribution in [1.29, 1.82) is 0 Å². The van der Waals surface area contributed by atoms with Crippen LogP contribution in [0.4, 0.5) is 5.69 Å². The highest BCUT2D eigenvalue weighted by molar-refractivity contribution is 7.99. The molecule has 1 aromatic carbocycles. The Morgan fingerprint density at radius 1 is 1.17 bits per heavy atom. The summed E-state index contributed by atoms with van der Waals surface area (Å²) < 4.78 is 0. The van der Waals surface area contributed by atoms with Crippen LogP contribution in [0.15, 0.2) is 23.4 Å². The Morgan fingerprint density at radius 2 is 1.87 bits per heavy atom. The van der Waals surface area contributed by atoms with Crippen LogP contribution in [0.25, 0.3) is 0 Å². The third-order valence-electron chi connectivity index (χ3n) is 5.45. The van der Waals surface area contributed by atoms with Gasteiger partial charge in [0.15, 0.2) is 5.16 Å². The lowest BCUT2D eigenvalue weighted by atomic mass is 10.1. The molecular formula is C22H28N4O2S2. The minimum atomic E-state index is -0.443. The highest BCUT2D eigenvalue weighted by atomic mass is 32.2. The third kappa shape index (κ3) is 5.16. The molecule has 1 fully saturated rings. The van der Waals surface area contributed by atoms with Crippen LogP contribution in [-0.4, -0.2) is 50.6 Å². The van der Waals surface area contributed by atoms with Crippen LogP contribution >= 0.6 is 23.5 Å². The number of amides is 2. The molecule has 1 aromatic heterocycles. The van der Waals surface area contributed by atoms with Crippen molar-refractivity contribution in [2.45, 2.75) is 51.7 Å². The smallest absolute Gasteiger partial charge is 0.248 e. The summed E-state index contributed by atoms with van der Waals surface area (Å²) >= 11 is 3.12. The Bertz CT molecular complexity index is 941. The number of carbonyl (C=O) groups excluding carboxylic acids is 2. The van der Waals surface area contributed by atoms with E-state index in [2.05, 4.69) is 15.3 Å². The number of nitrogens with zero attached hydrogens (tertiary/aromatic N) is 3. The van der Waals surface area contributed by atoms with Crippen molar-refractivity contribution < 1.29 is 9.59 Å². The molecule has 0 aliphatic carbocycles. The van der Waals surface area contributed by atoms with E-state index in [0.717, 1.165) is 33.4 Å². The molecule has 30 heavy (non-hydrogen) atoms. The Morgan fingerprint density at radius 3 is 2.50 bits per heavy atom. The number of carbonyl (C=O) groups is 2. The topological polar surface area (TPSA) is 75.2 Å². The molecule has 2 aromatic rings. The SMILES string of the molecule is CSc1nc(C)c(CCC(=O)N2CSCC2C(=O)Nc2ccc(C)c(C)c2)c(C)n1. The van der Waals surface area contributed by atoms with E-state index in [-0.39, 0.29) is 11.8 Å². The number of aryl methyl sites for hydroxylation is 4. The van der Waals surface area contributed by atoms with Gasteiger partial charge in [0.2, 0.25) is 11.8 Å². The minimum Gasteiger partial charge on any atom is -0.324 e. The van der Waals surface area contributed by atoms with E-state index in [9.17, 15) is 9.59 Å². The van der Waals surface area contributed by atoms with E-state index < -0.39 is 6.04 Å². The summed E-state index contributed by atoms with van der Waals surface area (Å²) in [5.41, 5.74) is 5.93. The number of nitrogens with one attached hydrogen (secondary N) is 1. The van der Waals surface area contributed by atoms with Crippen molar-refractivity contribution in [3.63, 3.8) is 0 Å². The molecule has 0 radical (unpaired) electrons. The van der Waals surface area contributed by atoms with Gasteiger partial charge in [-0.25, -0.2) is 9.97 Å². The van der Waals surface area contributed by atoms with Gasteiger partial charge in [-0.2, -0.15) is 0 Å². The molecule has 1 aliphatic rings. The number of rotatable bonds is 6. The van der Waals surface area contributed by atoms with Crippen molar-refractivity contribution in [2.24, 2.45) is 0 Å². The van der Waals surface area contributed by atoms with Gasteiger partial charge in [-0.05, 0) is 69.2 Å². The monoisotopic (exact) mass is 444 g/mol. The highest BCUT2D eigenvalue weighted by Crippen LogP contribution is 2.25. The number of thioether (sulfide) groups is 2. The predicted molar refractivity (Wildman–Crippen MR) is 124 cm³/mol. The Balaban J connectivity index is 1.64. The predicted octanol–water partition coefficient (Wildman–Crippen LogP) is 3.90. The van der Waals surface area contributed by atoms with E-state index in [4.69, 9.17) is 0 Å². The molecule has 1 atom stereocenters. The lowest BCUT2D eigenvalue weighted by Gasteiger charge is -2.23. The van der Waals surface area contributed by atoms with Gasteiger partial charge in [-0.3, -0.25) is 9.59 Å². The first-order valence-corrected chi connectivity index (χ1v) is 12.3. The summed E-state index contributed by atoms with van der Waals surface area (Å²) in [6.07, 6.45) is 2.88. The summed E-state index contributed by atoms with van der Waals surface area (Å²) in [5, 5.41) is 3.72. The number of benzene rings is 1. The molecular weight excluding hydrogens is 416 g/mol. The van der Waals surface area contributed by atoms with Gasteiger partial charge in [0, 0.05) is 29.2 Å². The van der Waals surface area contributed by atoms with Gasteiger partial charge in [0.05, 0.1) is 5.88 Å². The first kappa shape index (κ1) is 22.6. The van der Waals surface area contributed by atoms with Crippen molar-refractivity contribution in [1.82, 2.24) is 14.9 Å². The molecule has 1 aliphatic heterocycles. The Labute approximate surface area is 186 Å². The molecule has 1 unspecified atom stereocenters. The molecule has 160 valence electrons. The second-order valence-corrected chi connectivity index (χ2v) is 9.30. The molecule has 0 spiro atoms. The standard InChI is InChI=1S/C22H28N4O2S2/c1-13-6-7-17(10-14(13)2)25-21(28)19-11-30-12-26(19)20(27)9-8-18-15(3)23-22(29-5)24-16(18)4/h6-7,10,19H,8-9,11-12H2,1-5H3,(H,25,28). The van der Waals surface area contributed by atoms with Gasteiger partial charge >= 0.3 is 0 Å². The normalized spacial score (nSPS) is 16.0. The number of aromatic nitrogens is 2. The van der Waals surface area contributed by atoms with Crippen LogP contribution < -0.4 is 5.32 Å². The number of hydrogen-bond donors (Lipinski definition) is 1. The van der Waals surface area contributed by atoms with E-state index in [0.29, 0.717) is 24.5 Å².